The van der Waals surface area contributed by atoms with Crippen molar-refractivity contribution in [1.82, 2.24) is 0 Å². The summed E-state index contributed by atoms with van der Waals surface area (Å²) in [5, 5.41) is 0. The van der Waals surface area contributed by atoms with Gasteiger partial charge in [0.2, 0.25) is 0 Å². The molecule has 1 aromatic rings. The van der Waals surface area contributed by atoms with Crippen molar-refractivity contribution in [3.8, 4) is 0 Å². The summed E-state index contributed by atoms with van der Waals surface area (Å²) in [4.78, 5) is 11.8. The Morgan fingerprint density at radius 2 is 2.11 bits per heavy atom. The Bertz CT molecular complexity index is 502. The maximum atomic E-state index is 11.8. The molecule has 1 unspecified atom stereocenters. The molecule has 3 heteroatoms. The van der Waals surface area contributed by atoms with Crippen molar-refractivity contribution in [3.63, 3.8) is 0 Å². The van der Waals surface area contributed by atoms with Crippen molar-refractivity contribution in [3.05, 3.63) is 46.7 Å². The van der Waals surface area contributed by atoms with Crippen molar-refractivity contribution in [2.24, 2.45) is 0 Å². The summed E-state index contributed by atoms with van der Waals surface area (Å²) in [5.74, 6) is 0.462. The minimum Gasteiger partial charge on any atom is -0.494 e. The fourth-order valence-electron chi connectivity index (χ4n) is 2.38. The van der Waals surface area contributed by atoms with E-state index >= 15 is 0 Å². The number of hydrogen-bond acceptors (Lipinski definition) is 3. The van der Waals surface area contributed by atoms with Gasteiger partial charge in [0.1, 0.15) is 11.9 Å². The van der Waals surface area contributed by atoms with Gasteiger partial charge in [-0.25, -0.2) is 4.79 Å². The van der Waals surface area contributed by atoms with Crippen LogP contribution in [0.4, 0.5) is 0 Å². The van der Waals surface area contributed by atoms with Crippen molar-refractivity contribution in [2.75, 3.05) is 6.61 Å². The van der Waals surface area contributed by atoms with Crippen LogP contribution in [0.2, 0.25) is 0 Å². The van der Waals surface area contributed by atoms with E-state index in [4.69, 9.17) is 9.47 Å². The van der Waals surface area contributed by atoms with E-state index in [2.05, 4.69) is 19.1 Å². The molecule has 1 aliphatic heterocycles. The third-order valence-electron chi connectivity index (χ3n) is 3.43. The summed E-state index contributed by atoms with van der Waals surface area (Å²) >= 11 is 0. The molecule has 0 amide bonds. The first kappa shape index (κ1) is 13.7. The monoisotopic (exact) mass is 260 g/mol. The number of rotatable bonds is 4. The molecule has 0 saturated carbocycles. The van der Waals surface area contributed by atoms with Gasteiger partial charge in [0.25, 0.3) is 0 Å². The van der Waals surface area contributed by atoms with E-state index in [-0.39, 0.29) is 12.1 Å². The second kappa shape index (κ2) is 5.91. The molecule has 19 heavy (non-hydrogen) atoms. The topological polar surface area (TPSA) is 35.5 Å². The molecule has 1 aliphatic rings. The lowest BCUT2D eigenvalue weighted by Gasteiger charge is -2.13. The fourth-order valence-corrected chi connectivity index (χ4v) is 2.38. The first-order valence-corrected chi connectivity index (χ1v) is 6.69. The van der Waals surface area contributed by atoms with Crippen molar-refractivity contribution >= 4 is 5.97 Å². The number of carbonyl (C=O) groups excluding carboxylic acids is 1. The molecule has 0 radical (unpaired) electrons. The number of aryl methyl sites for hydroxylation is 1. The normalized spacial score (nSPS) is 18.4. The Hall–Kier alpha value is -1.77. The molecule has 0 saturated heterocycles. The van der Waals surface area contributed by atoms with Gasteiger partial charge in [-0.1, -0.05) is 24.3 Å². The first-order valence-electron chi connectivity index (χ1n) is 6.69. The van der Waals surface area contributed by atoms with E-state index in [1.54, 1.807) is 0 Å². The highest BCUT2D eigenvalue weighted by Crippen LogP contribution is 2.28. The van der Waals surface area contributed by atoms with Gasteiger partial charge >= 0.3 is 5.97 Å². The number of hydrogen-bond donors (Lipinski definition) is 0. The Morgan fingerprint density at radius 3 is 2.79 bits per heavy atom. The van der Waals surface area contributed by atoms with Crippen molar-refractivity contribution < 1.29 is 14.3 Å². The van der Waals surface area contributed by atoms with E-state index in [0.717, 1.165) is 6.42 Å². The zero-order valence-electron chi connectivity index (χ0n) is 11.7. The maximum absolute atomic E-state index is 11.8. The Kier molecular flexibility index (Phi) is 4.25. The minimum atomic E-state index is -0.243. The number of ether oxygens (including phenoxy) is 2. The van der Waals surface area contributed by atoms with E-state index in [9.17, 15) is 4.79 Å². The summed E-state index contributed by atoms with van der Waals surface area (Å²) in [6.07, 6.45) is 1.51. The molecule has 0 fully saturated rings. The van der Waals surface area contributed by atoms with E-state index in [0.29, 0.717) is 24.4 Å². The van der Waals surface area contributed by atoms with Gasteiger partial charge in [0, 0.05) is 12.8 Å². The highest BCUT2D eigenvalue weighted by molar-refractivity contribution is 5.89. The van der Waals surface area contributed by atoms with Crippen LogP contribution in [0.25, 0.3) is 0 Å². The molecule has 0 N–H and O–H groups in total. The number of benzene rings is 1. The van der Waals surface area contributed by atoms with Gasteiger partial charge < -0.3 is 9.47 Å². The number of carbonyl (C=O) groups is 1. The molecule has 0 aromatic heterocycles. The molecular formula is C16H20O3. The highest BCUT2D eigenvalue weighted by atomic mass is 16.5. The zero-order valence-corrected chi connectivity index (χ0v) is 11.7. The maximum Gasteiger partial charge on any atom is 0.337 e. The third kappa shape index (κ3) is 3.16. The van der Waals surface area contributed by atoms with Crippen LogP contribution in [-0.2, 0) is 20.7 Å². The zero-order chi connectivity index (χ0) is 13.8. The minimum absolute atomic E-state index is 0.0421. The molecule has 1 aromatic carbocycles. The van der Waals surface area contributed by atoms with Crippen LogP contribution in [0.3, 0.4) is 0 Å². The predicted octanol–water partition coefficient (Wildman–Crippen LogP) is 3.16. The van der Waals surface area contributed by atoms with Gasteiger partial charge in [-0.05, 0) is 31.9 Å². The largest absolute Gasteiger partial charge is 0.494 e. The lowest BCUT2D eigenvalue weighted by Crippen LogP contribution is -2.13. The first-order chi connectivity index (χ1) is 9.11. The molecule has 3 nitrogen and oxygen atoms in total. The summed E-state index contributed by atoms with van der Waals surface area (Å²) in [7, 11) is 0. The smallest absolute Gasteiger partial charge is 0.337 e. The summed E-state index contributed by atoms with van der Waals surface area (Å²) in [6.45, 7) is 6.15. The van der Waals surface area contributed by atoms with Gasteiger partial charge in [-0.15, -0.1) is 0 Å². The quantitative estimate of drug-likeness (QED) is 0.780. The Morgan fingerprint density at radius 1 is 1.37 bits per heavy atom. The Labute approximate surface area is 114 Å². The molecule has 2 rings (SSSR count). The molecule has 102 valence electrons. The molecule has 1 heterocycles. The second-order valence-corrected chi connectivity index (χ2v) is 4.83. The van der Waals surface area contributed by atoms with E-state index in [1.165, 1.54) is 11.1 Å². The lowest BCUT2D eigenvalue weighted by molar-refractivity contribution is -0.138. The predicted molar refractivity (Wildman–Crippen MR) is 73.7 cm³/mol. The van der Waals surface area contributed by atoms with Gasteiger partial charge in [0.05, 0.1) is 12.2 Å². The van der Waals surface area contributed by atoms with Crippen LogP contribution in [0, 0.1) is 6.92 Å². The van der Waals surface area contributed by atoms with Gasteiger partial charge in [-0.3, -0.25) is 0 Å². The van der Waals surface area contributed by atoms with E-state index in [1.807, 2.05) is 26.0 Å². The SMILES string of the molecule is CCOC(=O)C1=C(C)OC(Cc2ccccc2C)C1. The average molecular weight is 260 g/mol. The summed E-state index contributed by atoms with van der Waals surface area (Å²) in [5.41, 5.74) is 3.21. The molecule has 0 spiro atoms. The van der Waals surface area contributed by atoms with Crippen LogP contribution in [-0.4, -0.2) is 18.7 Å². The van der Waals surface area contributed by atoms with Gasteiger partial charge in [0.15, 0.2) is 0 Å². The third-order valence-corrected chi connectivity index (χ3v) is 3.43. The standard InChI is InChI=1S/C16H20O3/c1-4-18-16(17)15-10-14(19-12(15)3)9-13-8-6-5-7-11(13)2/h5-8,14H,4,9-10H2,1-3H3. The van der Waals surface area contributed by atoms with Crippen LogP contribution in [0.15, 0.2) is 35.6 Å². The van der Waals surface area contributed by atoms with Gasteiger partial charge in [-0.2, -0.15) is 0 Å². The Balaban J connectivity index is 2.01. The summed E-state index contributed by atoms with van der Waals surface area (Å²) in [6, 6.07) is 8.26. The molecular weight excluding hydrogens is 240 g/mol. The van der Waals surface area contributed by atoms with Crippen molar-refractivity contribution in [1.29, 1.82) is 0 Å². The van der Waals surface area contributed by atoms with Crippen LogP contribution >= 0.6 is 0 Å². The van der Waals surface area contributed by atoms with E-state index < -0.39 is 0 Å². The number of allylic oxidation sites excluding steroid dienone is 1. The van der Waals surface area contributed by atoms with Crippen LogP contribution in [0.1, 0.15) is 31.4 Å². The molecule has 0 aliphatic carbocycles. The lowest BCUT2D eigenvalue weighted by atomic mass is 9.99. The average Bonchev–Trinajstić information content (AvgIpc) is 2.74. The van der Waals surface area contributed by atoms with Crippen molar-refractivity contribution in [2.45, 2.75) is 39.7 Å². The van der Waals surface area contributed by atoms with Crippen LogP contribution < -0.4 is 0 Å². The number of esters is 1. The fraction of sp³-hybridized carbons (Fsp3) is 0.438. The second-order valence-electron chi connectivity index (χ2n) is 4.83. The van der Waals surface area contributed by atoms with Crippen LogP contribution in [0.5, 0.6) is 0 Å². The summed E-state index contributed by atoms with van der Waals surface area (Å²) < 4.78 is 10.8. The molecule has 1 atom stereocenters. The highest BCUT2D eigenvalue weighted by Gasteiger charge is 2.28. The molecule has 0 bridgehead atoms.